The summed E-state index contributed by atoms with van der Waals surface area (Å²) in [4.78, 5) is 37.5. The molecule has 10 heteroatoms. The number of nitrogens with zero attached hydrogens (tertiary/aromatic N) is 4. The maximum atomic E-state index is 14.6. The Bertz CT molecular complexity index is 1780. The summed E-state index contributed by atoms with van der Waals surface area (Å²) in [5.41, 5.74) is 3.44. The van der Waals surface area contributed by atoms with Crippen LogP contribution in [0.1, 0.15) is 52.8 Å². The fourth-order valence-corrected chi connectivity index (χ4v) is 6.55. The number of imidazole rings is 1. The number of nitrogens with one attached hydrogen (secondary N) is 1. The van der Waals surface area contributed by atoms with Gasteiger partial charge in [-0.25, -0.2) is 4.98 Å². The first-order valence-corrected chi connectivity index (χ1v) is 14.4. The standard InChI is InChI=1S/C32H31Cl2N5O3/c1-17(2)38-28-27(36-29(38)22-11-8-19(16-37(4)5)13-26(22)42-6)30(40)39(25-15-21(34)9-7-18(25)3)32(28)23-12-10-20(33)14-24(23)35-31(32)41/h7-15,17H,16H2,1-6H3,(H,35,41)/t32-/m0/s1. The Morgan fingerprint density at radius 2 is 1.74 bits per heavy atom. The van der Waals surface area contributed by atoms with Crippen molar-refractivity contribution in [2.24, 2.45) is 0 Å². The molecule has 1 N–H and O–H groups in total. The molecular weight excluding hydrogens is 573 g/mol. The van der Waals surface area contributed by atoms with E-state index in [1.165, 1.54) is 0 Å². The largest absolute Gasteiger partial charge is 0.496 e. The van der Waals surface area contributed by atoms with Crippen LogP contribution in [-0.4, -0.2) is 47.5 Å². The molecule has 4 aromatic rings. The normalized spacial score (nSPS) is 17.4. The zero-order valence-electron chi connectivity index (χ0n) is 24.3. The highest BCUT2D eigenvalue weighted by Gasteiger charge is 2.64. The first-order chi connectivity index (χ1) is 20.0. The summed E-state index contributed by atoms with van der Waals surface area (Å²) in [6.45, 7) is 6.65. The lowest BCUT2D eigenvalue weighted by Crippen LogP contribution is -2.51. The van der Waals surface area contributed by atoms with E-state index < -0.39 is 11.4 Å². The van der Waals surface area contributed by atoms with E-state index in [1.807, 2.05) is 63.7 Å². The molecule has 42 heavy (non-hydrogen) atoms. The van der Waals surface area contributed by atoms with E-state index in [0.717, 1.165) is 23.2 Å². The van der Waals surface area contributed by atoms with Crippen LogP contribution < -0.4 is 15.0 Å². The number of halogens is 2. The quantitative estimate of drug-likeness (QED) is 0.266. The van der Waals surface area contributed by atoms with E-state index in [4.69, 9.17) is 32.9 Å². The van der Waals surface area contributed by atoms with Gasteiger partial charge in [-0.1, -0.05) is 41.4 Å². The minimum absolute atomic E-state index is 0.170. The van der Waals surface area contributed by atoms with Crippen LogP contribution in [0.25, 0.3) is 11.4 Å². The van der Waals surface area contributed by atoms with Gasteiger partial charge in [-0.15, -0.1) is 0 Å². The van der Waals surface area contributed by atoms with Gasteiger partial charge in [0.1, 0.15) is 11.6 Å². The molecule has 3 aromatic carbocycles. The van der Waals surface area contributed by atoms with Crippen LogP contribution >= 0.6 is 23.2 Å². The molecule has 3 heterocycles. The van der Waals surface area contributed by atoms with Crippen LogP contribution in [0.4, 0.5) is 11.4 Å². The molecule has 0 unspecified atom stereocenters. The molecule has 0 aliphatic carbocycles. The smallest absolute Gasteiger partial charge is 0.280 e. The summed E-state index contributed by atoms with van der Waals surface area (Å²) >= 11 is 12.8. The first-order valence-electron chi connectivity index (χ1n) is 13.7. The van der Waals surface area contributed by atoms with Crippen molar-refractivity contribution in [2.45, 2.75) is 38.9 Å². The number of benzene rings is 3. The van der Waals surface area contributed by atoms with Crippen molar-refractivity contribution >= 4 is 46.4 Å². The van der Waals surface area contributed by atoms with Gasteiger partial charge >= 0.3 is 0 Å². The maximum absolute atomic E-state index is 14.6. The van der Waals surface area contributed by atoms with Gasteiger partial charge in [0.2, 0.25) is 0 Å². The van der Waals surface area contributed by atoms with Crippen LogP contribution in [0.2, 0.25) is 10.0 Å². The Kier molecular flexibility index (Phi) is 6.84. The molecule has 0 saturated heterocycles. The zero-order valence-corrected chi connectivity index (χ0v) is 25.8. The second-order valence-electron chi connectivity index (χ2n) is 11.3. The van der Waals surface area contributed by atoms with Crippen molar-refractivity contribution in [1.82, 2.24) is 14.5 Å². The van der Waals surface area contributed by atoms with Crippen LogP contribution in [-0.2, 0) is 16.9 Å². The van der Waals surface area contributed by atoms with Crippen LogP contribution in [0.5, 0.6) is 5.75 Å². The van der Waals surface area contributed by atoms with E-state index >= 15 is 0 Å². The maximum Gasteiger partial charge on any atom is 0.280 e. The number of carbonyl (C=O) groups excluding carboxylic acids is 2. The average molecular weight is 605 g/mol. The third-order valence-corrected chi connectivity index (χ3v) is 8.35. The van der Waals surface area contributed by atoms with Crippen molar-refractivity contribution in [2.75, 3.05) is 31.4 Å². The molecule has 2 amide bonds. The van der Waals surface area contributed by atoms with Gasteiger partial charge in [0, 0.05) is 33.9 Å². The van der Waals surface area contributed by atoms with Crippen molar-refractivity contribution in [3.05, 3.63) is 92.7 Å². The molecule has 1 aromatic heterocycles. The minimum Gasteiger partial charge on any atom is -0.496 e. The molecule has 1 spiro atoms. The summed E-state index contributed by atoms with van der Waals surface area (Å²) in [7, 11) is 5.63. The Labute approximate surface area is 254 Å². The lowest BCUT2D eigenvalue weighted by molar-refractivity contribution is -0.119. The molecule has 6 rings (SSSR count). The third kappa shape index (κ3) is 4.04. The predicted molar refractivity (Wildman–Crippen MR) is 166 cm³/mol. The number of methoxy groups -OCH3 is 1. The van der Waals surface area contributed by atoms with E-state index in [-0.39, 0.29) is 17.6 Å². The van der Waals surface area contributed by atoms with Crippen LogP contribution in [0.3, 0.4) is 0 Å². The molecule has 8 nitrogen and oxygen atoms in total. The molecule has 0 bridgehead atoms. The summed E-state index contributed by atoms with van der Waals surface area (Å²) in [5.74, 6) is 0.422. The molecule has 0 radical (unpaired) electrons. The number of amides is 2. The number of ether oxygens (including phenoxy) is 1. The fourth-order valence-electron chi connectivity index (χ4n) is 6.21. The molecular formula is C32H31Cl2N5O3. The second kappa shape index (κ2) is 10.2. The lowest BCUT2D eigenvalue weighted by Gasteiger charge is -2.36. The molecule has 1 atom stereocenters. The highest BCUT2D eigenvalue weighted by Crippen LogP contribution is 2.55. The highest BCUT2D eigenvalue weighted by molar-refractivity contribution is 6.32. The number of aryl methyl sites for hydroxylation is 1. The van der Waals surface area contributed by atoms with Gasteiger partial charge in [0.25, 0.3) is 11.8 Å². The zero-order chi connectivity index (χ0) is 30.1. The van der Waals surface area contributed by atoms with Gasteiger partial charge in [-0.2, -0.15) is 0 Å². The molecule has 2 aliphatic heterocycles. The number of anilines is 2. The number of fused-ring (bicyclic) bond motifs is 4. The van der Waals surface area contributed by atoms with Crippen LogP contribution in [0.15, 0.2) is 54.6 Å². The Morgan fingerprint density at radius 1 is 1.02 bits per heavy atom. The summed E-state index contributed by atoms with van der Waals surface area (Å²) < 4.78 is 7.82. The number of carbonyl (C=O) groups is 2. The summed E-state index contributed by atoms with van der Waals surface area (Å²) in [5, 5.41) is 3.93. The third-order valence-electron chi connectivity index (χ3n) is 7.88. The van der Waals surface area contributed by atoms with Gasteiger partial charge in [-0.3, -0.25) is 14.5 Å². The fraction of sp³-hybridized carbons (Fsp3) is 0.281. The Morgan fingerprint density at radius 3 is 2.43 bits per heavy atom. The first kappa shape index (κ1) is 28.3. The molecule has 216 valence electrons. The SMILES string of the molecule is COc1cc(CN(C)C)ccc1-c1nc2c(n1C(C)C)[C@@]1(C(=O)Nc3cc(Cl)ccc31)N(c1cc(Cl)ccc1C)C2=O. The second-order valence-corrected chi connectivity index (χ2v) is 12.2. The average Bonchev–Trinajstić information content (AvgIpc) is 3.53. The van der Waals surface area contributed by atoms with E-state index in [0.29, 0.717) is 44.3 Å². The predicted octanol–water partition coefficient (Wildman–Crippen LogP) is 6.67. The van der Waals surface area contributed by atoms with E-state index in [2.05, 4.69) is 10.2 Å². The molecule has 0 fully saturated rings. The highest BCUT2D eigenvalue weighted by atomic mass is 35.5. The monoisotopic (exact) mass is 603 g/mol. The van der Waals surface area contributed by atoms with Gasteiger partial charge < -0.3 is 19.5 Å². The van der Waals surface area contributed by atoms with Gasteiger partial charge in [0.15, 0.2) is 11.2 Å². The Hall–Kier alpha value is -3.85. The van der Waals surface area contributed by atoms with Gasteiger partial charge in [-0.05, 0) is 82.4 Å². The van der Waals surface area contributed by atoms with E-state index in [1.54, 1.807) is 42.3 Å². The number of rotatable bonds is 6. The molecule has 2 aliphatic rings. The van der Waals surface area contributed by atoms with Crippen molar-refractivity contribution < 1.29 is 14.3 Å². The van der Waals surface area contributed by atoms with Crippen molar-refractivity contribution in [3.63, 3.8) is 0 Å². The number of aromatic nitrogens is 2. The van der Waals surface area contributed by atoms with Gasteiger partial charge in [0.05, 0.1) is 24.1 Å². The summed E-state index contributed by atoms with van der Waals surface area (Å²) in [6.07, 6.45) is 0. The summed E-state index contributed by atoms with van der Waals surface area (Å²) in [6, 6.07) is 16.4. The Balaban J connectivity index is 1.68. The lowest BCUT2D eigenvalue weighted by atomic mass is 9.86. The molecule has 0 saturated carbocycles. The minimum atomic E-state index is -1.55. The van der Waals surface area contributed by atoms with E-state index in [9.17, 15) is 9.59 Å². The van der Waals surface area contributed by atoms with Crippen molar-refractivity contribution in [1.29, 1.82) is 0 Å². The topological polar surface area (TPSA) is 79.7 Å². The van der Waals surface area contributed by atoms with Crippen LogP contribution in [0, 0.1) is 6.92 Å². The number of hydrogen-bond acceptors (Lipinski definition) is 5. The van der Waals surface area contributed by atoms with Crippen molar-refractivity contribution in [3.8, 4) is 17.1 Å². The number of hydrogen-bond donors (Lipinski definition) is 1.